The van der Waals surface area contributed by atoms with Gasteiger partial charge in [-0.1, -0.05) is 41.5 Å². The van der Waals surface area contributed by atoms with Crippen molar-refractivity contribution in [3.8, 4) is 0 Å². The molecule has 0 heterocycles. The second kappa shape index (κ2) is 5.76. The summed E-state index contributed by atoms with van der Waals surface area (Å²) in [5, 5.41) is 0. The van der Waals surface area contributed by atoms with Crippen LogP contribution in [0.2, 0.25) is 0 Å². The molecule has 116 valence electrons. The molecule has 0 unspecified atom stereocenters. The smallest absolute Gasteiger partial charge is 0.0186 e. The van der Waals surface area contributed by atoms with Gasteiger partial charge in [0.2, 0.25) is 0 Å². The van der Waals surface area contributed by atoms with Crippen LogP contribution in [0.4, 0.5) is 0 Å². The fourth-order valence-electron chi connectivity index (χ4n) is 3.00. The van der Waals surface area contributed by atoms with Crippen molar-refractivity contribution < 1.29 is 0 Å². The summed E-state index contributed by atoms with van der Waals surface area (Å²) in [6.07, 6.45) is 0. The van der Waals surface area contributed by atoms with E-state index in [2.05, 4.69) is 88.0 Å². The summed E-state index contributed by atoms with van der Waals surface area (Å²) < 4.78 is 0. The number of nitrogens with zero attached hydrogens (tertiary/aromatic N) is 1. The highest BCUT2D eigenvalue weighted by atomic mass is 15.3. The van der Waals surface area contributed by atoms with E-state index in [9.17, 15) is 0 Å². The Morgan fingerprint density at radius 2 is 0.632 bits per heavy atom. The van der Waals surface area contributed by atoms with E-state index in [1.807, 2.05) is 0 Å². The fraction of sp³-hybridized carbons (Fsp3) is 1.00. The van der Waals surface area contributed by atoms with Gasteiger partial charge in [0.25, 0.3) is 0 Å². The van der Waals surface area contributed by atoms with E-state index >= 15 is 0 Å². The van der Waals surface area contributed by atoms with Gasteiger partial charge in [0.15, 0.2) is 0 Å². The summed E-state index contributed by atoms with van der Waals surface area (Å²) in [5.41, 5.74) is 0.546. The number of hydrogen-bond donors (Lipinski definition) is 0. The molecular formula is C18H39N. The van der Waals surface area contributed by atoms with Crippen LogP contribution in [0.25, 0.3) is 0 Å². The fourth-order valence-corrected chi connectivity index (χ4v) is 3.00. The van der Waals surface area contributed by atoms with Crippen LogP contribution in [0.1, 0.15) is 83.1 Å². The van der Waals surface area contributed by atoms with Crippen molar-refractivity contribution >= 4 is 0 Å². The molecule has 0 atom stereocenters. The molecule has 19 heavy (non-hydrogen) atoms. The third-order valence-corrected chi connectivity index (χ3v) is 5.97. The maximum Gasteiger partial charge on any atom is 0.0186 e. The molecule has 0 N–H and O–H groups in total. The Hall–Kier alpha value is -0.0400. The molecule has 0 spiro atoms. The van der Waals surface area contributed by atoms with Gasteiger partial charge in [-0.2, -0.15) is 0 Å². The molecule has 1 nitrogen and oxygen atoms in total. The summed E-state index contributed by atoms with van der Waals surface area (Å²) >= 11 is 0. The van der Waals surface area contributed by atoms with E-state index in [0.717, 1.165) is 0 Å². The van der Waals surface area contributed by atoms with Crippen LogP contribution in [0.5, 0.6) is 0 Å². The summed E-state index contributed by atoms with van der Waals surface area (Å²) in [5.74, 6) is 1.88. The predicted molar refractivity (Wildman–Crippen MR) is 88.6 cm³/mol. The van der Waals surface area contributed by atoms with Gasteiger partial charge in [-0.15, -0.1) is 0 Å². The molecular weight excluding hydrogens is 230 g/mol. The topological polar surface area (TPSA) is 3.24 Å². The van der Waals surface area contributed by atoms with Gasteiger partial charge in [-0.3, -0.25) is 4.90 Å². The van der Waals surface area contributed by atoms with Crippen LogP contribution in [-0.4, -0.2) is 21.5 Å². The lowest BCUT2D eigenvalue weighted by molar-refractivity contribution is -0.119. The van der Waals surface area contributed by atoms with Gasteiger partial charge in [-0.25, -0.2) is 0 Å². The van der Waals surface area contributed by atoms with Crippen LogP contribution >= 0.6 is 0 Å². The second-order valence-electron chi connectivity index (χ2n) is 8.76. The monoisotopic (exact) mass is 269 g/mol. The molecule has 1 heteroatoms. The van der Waals surface area contributed by atoms with Crippen molar-refractivity contribution in [2.75, 3.05) is 0 Å². The first kappa shape index (κ1) is 19.0. The molecule has 0 rings (SSSR count). The molecule has 0 aliphatic heterocycles. The van der Waals surface area contributed by atoms with Gasteiger partial charge in [0.05, 0.1) is 0 Å². The minimum atomic E-state index is 0.182. The molecule has 0 radical (unpaired) electrons. The minimum absolute atomic E-state index is 0.182. The quantitative estimate of drug-likeness (QED) is 0.607. The molecule has 0 saturated carbocycles. The van der Waals surface area contributed by atoms with E-state index in [-0.39, 0.29) is 16.6 Å². The van der Waals surface area contributed by atoms with Gasteiger partial charge in [0.1, 0.15) is 0 Å². The summed E-state index contributed by atoms with van der Waals surface area (Å²) in [7, 11) is 0. The SMILES string of the molecule is CC(C)C(C)(C)N(C(C)(C)C(C)C)C(C)(C)C(C)C. The third kappa shape index (κ3) is 3.54. The number of hydrogen-bond acceptors (Lipinski definition) is 1. The van der Waals surface area contributed by atoms with Gasteiger partial charge in [-0.05, 0) is 59.3 Å². The molecule has 0 aromatic carbocycles. The maximum absolute atomic E-state index is 2.78. The molecule has 0 aliphatic rings. The standard InChI is InChI=1S/C18H39N/c1-13(2)16(7,8)19(17(9,10)14(3)4)18(11,12)15(5)6/h13-15H,1-12H3. The van der Waals surface area contributed by atoms with Crippen molar-refractivity contribution in [1.29, 1.82) is 0 Å². The minimum Gasteiger partial charge on any atom is -0.287 e. The Morgan fingerprint density at radius 1 is 0.474 bits per heavy atom. The Labute approximate surface area is 123 Å². The Balaban J connectivity index is 5.93. The van der Waals surface area contributed by atoms with Gasteiger partial charge in [0, 0.05) is 16.6 Å². The average molecular weight is 270 g/mol. The first-order valence-corrected chi connectivity index (χ1v) is 8.00. The zero-order valence-corrected chi connectivity index (χ0v) is 15.7. The second-order valence-corrected chi connectivity index (χ2v) is 8.76. The normalized spacial score (nSPS) is 15.2. The molecule has 0 saturated heterocycles. The Bertz CT molecular complexity index is 235. The lowest BCUT2D eigenvalue weighted by Gasteiger charge is -2.61. The highest BCUT2D eigenvalue weighted by Gasteiger charge is 2.49. The number of rotatable bonds is 6. The first-order chi connectivity index (χ1) is 8.20. The van der Waals surface area contributed by atoms with E-state index in [1.165, 1.54) is 0 Å². The van der Waals surface area contributed by atoms with Gasteiger partial charge >= 0.3 is 0 Å². The van der Waals surface area contributed by atoms with Crippen LogP contribution in [0.15, 0.2) is 0 Å². The predicted octanol–water partition coefficient (Wildman–Crippen LogP) is 5.59. The van der Waals surface area contributed by atoms with Crippen molar-refractivity contribution in [2.45, 2.75) is 99.7 Å². The van der Waals surface area contributed by atoms with Crippen molar-refractivity contribution in [1.82, 2.24) is 4.90 Å². The molecule has 0 aromatic rings. The molecule has 0 bridgehead atoms. The average Bonchev–Trinajstić information content (AvgIpc) is 2.14. The van der Waals surface area contributed by atoms with Crippen molar-refractivity contribution in [3.63, 3.8) is 0 Å². The largest absolute Gasteiger partial charge is 0.287 e. The molecule has 0 fully saturated rings. The van der Waals surface area contributed by atoms with Crippen LogP contribution < -0.4 is 0 Å². The van der Waals surface area contributed by atoms with Crippen LogP contribution in [0.3, 0.4) is 0 Å². The first-order valence-electron chi connectivity index (χ1n) is 8.00. The zero-order valence-electron chi connectivity index (χ0n) is 15.7. The maximum atomic E-state index is 2.78. The lowest BCUT2D eigenvalue weighted by Crippen LogP contribution is -2.68. The molecule has 0 aliphatic carbocycles. The molecule has 0 amide bonds. The lowest BCUT2D eigenvalue weighted by atomic mass is 9.73. The Morgan fingerprint density at radius 3 is 0.737 bits per heavy atom. The summed E-state index contributed by atoms with van der Waals surface area (Å²) in [6, 6.07) is 0. The van der Waals surface area contributed by atoms with E-state index in [1.54, 1.807) is 0 Å². The highest BCUT2D eigenvalue weighted by Crippen LogP contribution is 2.43. The van der Waals surface area contributed by atoms with E-state index < -0.39 is 0 Å². The Kier molecular flexibility index (Phi) is 5.74. The summed E-state index contributed by atoms with van der Waals surface area (Å²) in [6.45, 7) is 28.5. The van der Waals surface area contributed by atoms with E-state index in [0.29, 0.717) is 17.8 Å². The zero-order chi connectivity index (χ0) is 15.8. The van der Waals surface area contributed by atoms with Crippen LogP contribution in [0, 0.1) is 17.8 Å². The van der Waals surface area contributed by atoms with Crippen molar-refractivity contribution in [3.05, 3.63) is 0 Å². The molecule has 0 aromatic heterocycles. The van der Waals surface area contributed by atoms with Crippen molar-refractivity contribution in [2.24, 2.45) is 17.8 Å². The summed E-state index contributed by atoms with van der Waals surface area (Å²) in [4.78, 5) is 2.78. The third-order valence-electron chi connectivity index (χ3n) is 5.97. The van der Waals surface area contributed by atoms with Crippen LogP contribution in [-0.2, 0) is 0 Å². The van der Waals surface area contributed by atoms with E-state index in [4.69, 9.17) is 0 Å². The van der Waals surface area contributed by atoms with Gasteiger partial charge < -0.3 is 0 Å². The highest BCUT2D eigenvalue weighted by molar-refractivity contribution is 5.03.